The second kappa shape index (κ2) is 6.61. The molecule has 3 nitrogen and oxygen atoms in total. The summed E-state index contributed by atoms with van der Waals surface area (Å²) in [6.45, 7) is 8.36. The topological polar surface area (TPSA) is 38.3 Å². The smallest absolute Gasteiger partial charge is 0.336 e. The highest BCUT2D eigenvalue weighted by Gasteiger charge is 2.32. The molecule has 1 atom stereocenters. The number of esters is 1. The second-order valence-electron chi connectivity index (χ2n) is 5.23. The minimum Gasteiger partial charge on any atom is -0.463 e. The van der Waals surface area contributed by atoms with Crippen LogP contribution in [0, 0.1) is 0 Å². The molecule has 1 aromatic carbocycles. The highest BCUT2D eigenvalue weighted by Crippen LogP contribution is 2.39. The van der Waals surface area contributed by atoms with Crippen LogP contribution in [0.15, 0.2) is 52.9 Å². The van der Waals surface area contributed by atoms with Gasteiger partial charge >= 0.3 is 5.97 Å². The summed E-state index contributed by atoms with van der Waals surface area (Å²) in [5.41, 5.74) is 5.13. The summed E-state index contributed by atoms with van der Waals surface area (Å²) < 4.78 is 5.27. The van der Waals surface area contributed by atoms with Crippen molar-refractivity contribution in [1.82, 2.24) is 5.32 Å². The molecule has 0 spiro atoms. The number of rotatable bonds is 4. The van der Waals surface area contributed by atoms with Gasteiger partial charge < -0.3 is 10.1 Å². The summed E-state index contributed by atoms with van der Waals surface area (Å²) in [7, 11) is 0. The van der Waals surface area contributed by atoms with Crippen LogP contribution in [0.1, 0.15) is 45.6 Å². The molecule has 0 fully saturated rings. The third-order valence-electron chi connectivity index (χ3n) is 3.91. The number of allylic oxidation sites excluding steroid dienone is 3. The lowest BCUT2D eigenvalue weighted by Crippen LogP contribution is -2.29. The first kappa shape index (κ1) is 15.4. The summed E-state index contributed by atoms with van der Waals surface area (Å²) in [5, 5.41) is 3.33. The third-order valence-corrected chi connectivity index (χ3v) is 3.91. The maximum Gasteiger partial charge on any atom is 0.336 e. The quantitative estimate of drug-likeness (QED) is 0.853. The Labute approximate surface area is 126 Å². The van der Waals surface area contributed by atoms with E-state index in [4.69, 9.17) is 4.74 Å². The van der Waals surface area contributed by atoms with Crippen molar-refractivity contribution in [1.29, 1.82) is 0 Å². The van der Waals surface area contributed by atoms with E-state index in [-0.39, 0.29) is 11.9 Å². The number of ether oxygens (including phenoxy) is 1. The van der Waals surface area contributed by atoms with Gasteiger partial charge in [-0.05, 0) is 38.3 Å². The number of hydrogen-bond acceptors (Lipinski definition) is 3. The number of hydrogen-bond donors (Lipinski definition) is 1. The first-order valence-corrected chi connectivity index (χ1v) is 7.49. The number of carbonyl (C=O) groups excluding carboxylic acids is 1. The molecule has 1 heterocycles. The van der Waals surface area contributed by atoms with Crippen molar-refractivity contribution >= 4 is 5.97 Å². The van der Waals surface area contributed by atoms with Gasteiger partial charge in [0, 0.05) is 17.3 Å². The zero-order chi connectivity index (χ0) is 15.4. The first-order chi connectivity index (χ1) is 10.1. The fraction of sp³-hybridized carbons (Fsp3) is 0.389. The molecule has 0 aliphatic carbocycles. The molecule has 1 aliphatic rings. The number of carbonyl (C=O) groups is 1. The largest absolute Gasteiger partial charge is 0.463 e. The molecular formula is C18H23NO2. The van der Waals surface area contributed by atoms with Gasteiger partial charge in [0.2, 0.25) is 0 Å². The van der Waals surface area contributed by atoms with Gasteiger partial charge in [-0.15, -0.1) is 0 Å². The Morgan fingerprint density at radius 3 is 2.38 bits per heavy atom. The summed E-state index contributed by atoms with van der Waals surface area (Å²) in [4.78, 5) is 12.4. The zero-order valence-electron chi connectivity index (χ0n) is 13.2. The number of nitrogens with one attached hydrogen (secondary N) is 1. The molecule has 2 rings (SSSR count). The molecule has 1 N–H and O–H groups in total. The normalized spacial score (nSPS) is 18.6. The average molecular weight is 285 g/mol. The van der Waals surface area contributed by atoms with Crippen LogP contribution in [0.3, 0.4) is 0 Å². The molecule has 0 aromatic heterocycles. The van der Waals surface area contributed by atoms with E-state index < -0.39 is 0 Å². The van der Waals surface area contributed by atoms with Crippen molar-refractivity contribution < 1.29 is 9.53 Å². The lowest BCUT2D eigenvalue weighted by molar-refractivity contribution is -0.138. The average Bonchev–Trinajstić information content (AvgIpc) is 2.47. The molecule has 0 saturated carbocycles. The molecule has 0 amide bonds. The van der Waals surface area contributed by atoms with Crippen LogP contribution in [0.2, 0.25) is 0 Å². The molecule has 1 aromatic rings. The van der Waals surface area contributed by atoms with Crippen LogP contribution < -0.4 is 5.32 Å². The van der Waals surface area contributed by atoms with Crippen molar-refractivity contribution in [2.45, 2.75) is 40.0 Å². The standard InChI is InChI=1S/C18H23NO2/c1-5-15-12(3)19-13(4)16(18(20)21-6-2)17(15)14-10-8-7-9-11-14/h7-11,17,19H,5-6H2,1-4H3. The van der Waals surface area contributed by atoms with Crippen LogP contribution in [-0.4, -0.2) is 12.6 Å². The van der Waals surface area contributed by atoms with Crippen LogP contribution in [-0.2, 0) is 9.53 Å². The fourth-order valence-electron chi connectivity index (χ4n) is 3.00. The zero-order valence-corrected chi connectivity index (χ0v) is 13.2. The van der Waals surface area contributed by atoms with Gasteiger partial charge in [-0.2, -0.15) is 0 Å². The van der Waals surface area contributed by atoms with Crippen LogP contribution in [0.4, 0.5) is 0 Å². The first-order valence-electron chi connectivity index (χ1n) is 7.49. The lowest BCUT2D eigenvalue weighted by Gasteiger charge is -2.31. The van der Waals surface area contributed by atoms with E-state index in [9.17, 15) is 4.79 Å². The van der Waals surface area contributed by atoms with Crippen LogP contribution in [0.25, 0.3) is 0 Å². The Balaban J connectivity index is 2.54. The Morgan fingerprint density at radius 2 is 1.81 bits per heavy atom. The third kappa shape index (κ3) is 3.02. The van der Waals surface area contributed by atoms with Gasteiger partial charge in [-0.3, -0.25) is 0 Å². The molecule has 0 radical (unpaired) electrons. The van der Waals surface area contributed by atoms with Gasteiger partial charge in [0.15, 0.2) is 0 Å². The maximum atomic E-state index is 12.4. The van der Waals surface area contributed by atoms with Crippen molar-refractivity contribution in [2.75, 3.05) is 6.61 Å². The van der Waals surface area contributed by atoms with E-state index >= 15 is 0 Å². The van der Waals surface area contributed by atoms with Crippen LogP contribution in [0.5, 0.6) is 0 Å². The molecule has 0 saturated heterocycles. The van der Waals surface area contributed by atoms with Crippen LogP contribution >= 0.6 is 0 Å². The van der Waals surface area contributed by atoms with E-state index in [0.29, 0.717) is 6.61 Å². The van der Waals surface area contributed by atoms with E-state index in [0.717, 1.165) is 29.0 Å². The Morgan fingerprint density at radius 1 is 1.14 bits per heavy atom. The van der Waals surface area contributed by atoms with E-state index in [2.05, 4.69) is 31.3 Å². The molecule has 0 bridgehead atoms. The summed E-state index contributed by atoms with van der Waals surface area (Å²) >= 11 is 0. The van der Waals surface area contributed by atoms with E-state index in [1.807, 2.05) is 32.0 Å². The Kier molecular flexibility index (Phi) is 4.84. The van der Waals surface area contributed by atoms with Gasteiger partial charge in [-0.1, -0.05) is 37.3 Å². The maximum absolute atomic E-state index is 12.4. The number of benzene rings is 1. The Bertz CT molecular complexity index is 584. The minimum atomic E-state index is -0.227. The van der Waals surface area contributed by atoms with Gasteiger partial charge in [0.25, 0.3) is 0 Å². The monoisotopic (exact) mass is 285 g/mol. The van der Waals surface area contributed by atoms with E-state index in [1.54, 1.807) is 0 Å². The lowest BCUT2D eigenvalue weighted by atomic mass is 9.79. The predicted molar refractivity (Wildman–Crippen MR) is 84.6 cm³/mol. The summed E-state index contributed by atoms with van der Waals surface area (Å²) in [5.74, 6) is -0.244. The SMILES string of the molecule is CCOC(=O)C1=C(C)NC(C)=C(CC)C1c1ccccc1. The van der Waals surface area contributed by atoms with Gasteiger partial charge in [0.05, 0.1) is 12.2 Å². The molecule has 112 valence electrons. The van der Waals surface area contributed by atoms with Crippen molar-refractivity contribution in [2.24, 2.45) is 0 Å². The predicted octanol–water partition coefficient (Wildman–Crippen LogP) is 3.89. The van der Waals surface area contributed by atoms with Gasteiger partial charge in [0.1, 0.15) is 0 Å². The molecule has 21 heavy (non-hydrogen) atoms. The Hall–Kier alpha value is -2.03. The highest BCUT2D eigenvalue weighted by atomic mass is 16.5. The molecule has 1 aliphatic heterocycles. The highest BCUT2D eigenvalue weighted by molar-refractivity contribution is 5.92. The van der Waals surface area contributed by atoms with Gasteiger partial charge in [-0.25, -0.2) is 4.79 Å². The summed E-state index contributed by atoms with van der Waals surface area (Å²) in [6.07, 6.45) is 0.897. The minimum absolute atomic E-state index is 0.0171. The molecular weight excluding hydrogens is 262 g/mol. The molecule has 3 heteroatoms. The van der Waals surface area contributed by atoms with E-state index in [1.165, 1.54) is 5.57 Å². The molecule has 1 unspecified atom stereocenters. The summed E-state index contributed by atoms with van der Waals surface area (Å²) in [6, 6.07) is 10.2. The second-order valence-corrected chi connectivity index (χ2v) is 5.23. The fourth-order valence-corrected chi connectivity index (χ4v) is 3.00. The number of dihydropyridines is 1. The van der Waals surface area contributed by atoms with Crippen molar-refractivity contribution in [3.63, 3.8) is 0 Å². The van der Waals surface area contributed by atoms with Crippen molar-refractivity contribution in [3.8, 4) is 0 Å². The van der Waals surface area contributed by atoms with Crippen molar-refractivity contribution in [3.05, 3.63) is 58.4 Å².